The number of aliphatic hydroxyl groups is 1. The number of rotatable bonds is 5. The summed E-state index contributed by atoms with van der Waals surface area (Å²) in [5, 5.41) is 24.1. The lowest BCUT2D eigenvalue weighted by Gasteiger charge is -2.09. The van der Waals surface area contributed by atoms with Crippen LogP contribution in [0.4, 0.5) is 0 Å². The van der Waals surface area contributed by atoms with E-state index >= 15 is 0 Å². The van der Waals surface area contributed by atoms with Gasteiger partial charge in [0.1, 0.15) is 0 Å². The fourth-order valence-corrected chi connectivity index (χ4v) is 0.249. The normalized spacial score (nSPS) is 13.3. The predicted octanol–water partition coefficient (Wildman–Crippen LogP) is -0.121. The van der Waals surface area contributed by atoms with Crippen molar-refractivity contribution in [1.82, 2.24) is 0 Å². The number of aliphatic carboxylic acids is 2. The molecule has 0 aromatic heterocycles. The van der Waals surface area contributed by atoms with Crippen LogP contribution in [0.1, 0.15) is 20.8 Å². The Hall–Kier alpha value is -1.18. The average Bonchev–Trinajstić information content (AvgIpc) is 2.14. The van der Waals surface area contributed by atoms with Crippen LogP contribution >= 0.6 is 0 Å². The maximum Gasteiger partial charge on any atom is 0.335 e. The molecule has 0 aliphatic carbocycles. The second kappa shape index (κ2) is 9.38. The molecular formula is C8H16O7. The van der Waals surface area contributed by atoms with Crippen molar-refractivity contribution in [2.45, 2.75) is 33.0 Å². The highest BCUT2D eigenvalue weighted by molar-refractivity contribution is 5.72. The molecule has 0 aromatic rings. The van der Waals surface area contributed by atoms with Crippen LogP contribution in [0.2, 0.25) is 0 Å². The summed E-state index contributed by atoms with van der Waals surface area (Å²) in [5.74, 6) is -2.43. The van der Waals surface area contributed by atoms with Crippen molar-refractivity contribution in [3.63, 3.8) is 0 Å². The van der Waals surface area contributed by atoms with Gasteiger partial charge in [-0.1, -0.05) is 0 Å². The fraction of sp³-hybridized carbons (Fsp3) is 0.750. The highest BCUT2D eigenvalue weighted by Crippen LogP contribution is 1.97. The zero-order chi connectivity index (χ0) is 12.4. The molecule has 90 valence electrons. The monoisotopic (exact) mass is 224 g/mol. The molecule has 0 saturated heterocycles. The molecule has 0 aliphatic heterocycles. The third-order valence-corrected chi connectivity index (χ3v) is 1.04. The number of carboxylic acid groups (broad SMARTS) is 2. The van der Waals surface area contributed by atoms with E-state index in [4.69, 9.17) is 15.3 Å². The summed E-state index contributed by atoms with van der Waals surface area (Å²) in [5.41, 5.74) is 0. The minimum Gasteiger partial charge on any atom is -0.479 e. The Labute approximate surface area is 87.2 Å². The molecular weight excluding hydrogens is 208 g/mol. The average molecular weight is 224 g/mol. The molecule has 0 saturated carbocycles. The maximum absolute atomic E-state index is 10.1. The maximum atomic E-state index is 10.1. The van der Waals surface area contributed by atoms with Crippen molar-refractivity contribution in [3.8, 4) is 0 Å². The number of aliphatic hydroxyl groups excluding tert-OH is 1. The van der Waals surface area contributed by atoms with E-state index < -0.39 is 24.1 Å². The number of hydrogen-bond acceptors (Lipinski definition) is 5. The molecule has 2 unspecified atom stereocenters. The zero-order valence-electron chi connectivity index (χ0n) is 8.84. The summed E-state index contributed by atoms with van der Waals surface area (Å²) in [6, 6.07) is 0. The van der Waals surface area contributed by atoms with Crippen LogP contribution in [-0.4, -0.2) is 46.1 Å². The highest BCUT2D eigenvalue weighted by Gasteiger charge is 2.17. The molecule has 15 heavy (non-hydrogen) atoms. The third kappa shape index (κ3) is 10.7. The Morgan fingerprint density at radius 1 is 1.07 bits per heavy atom. The standard InChI is InChI=1S/C6H10O6.C2H6O/c1-3(5(7)8)11-12-4(2)6(9)10;1-2-3/h3-4H,1-2H3,(H,7,8)(H,9,10);3H,2H2,1H3. The van der Waals surface area contributed by atoms with E-state index in [1.54, 1.807) is 6.92 Å². The molecule has 0 aliphatic rings. The first-order valence-corrected chi connectivity index (χ1v) is 4.25. The summed E-state index contributed by atoms with van der Waals surface area (Å²) < 4.78 is 0. The van der Waals surface area contributed by atoms with Crippen molar-refractivity contribution in [1.29, 1.82) is 0 Å². The first kappa shape index (κ1) is 16.3. The molecule has 0 spiro atoms. The van der Waals surface area contributed by atoms with Gasteiger partial charge in [-0.3, -0.25) is 0 Å². The minimum atomic E-state index is -1.22. The quantitative estimate of drug-likeness (QED) is 0.440. The minimum absolute atomic E-state index is 0.250. The van der Waals surface area contributed by atoms with E-state index in [1.807, 2.05) is 0 Å². The Bertz CT molecular complexity index is 171. The van der Waals surface area contributed by atoms with Gasteiger partial charge in [-0.05, 0) is 20.8 Å². The van der Waals surface area contributed by atoms with Gasteiger partial charge in [0.15, 0.2) is 12.2 Å². The van der Waals surface area contributed by atoms with E-state index in [0.29, 0.717) is 0 Å². The Kier molecular flexibility index (Phi) is 10.2. The van der Waals surface area contributed by atoms with Gasteiger partial charge in [0, 0.05) is 6.61 Å². The van der Waals surface area contributed by atoms with Gasteiger partial charge in [0.25, 0.3) is 0 Å². The predicted molar refractivity (Wildman–Crippen MR) is 49.1 cm³/mol. The molecule has 0 bridgehead atoms. The Morgan fingerprint density at radius 3 is 1.40 bits per heavy atom. The van der Waals surface area contributed by atoms with Gasteiger partial charge in [-0.25, -0.2) is 19.4 Å². The largest absolute Gasteiger partial charge is 0.479 e. The Morgan fingerprint density at radius 2 is 1.27 bits per heavy atom. The molecule has 7 nitrogen and oxygen atoms in total. The lowest BCUT2D eigenvalue weighted by molar-refractivity contribution is -0.335. The van der Waals surface area contributed by atoms with Crippen LogP contribution in [-0.2, 0) is 19.4 Å². The molecule has 0 fully saturated rings. The number of carboxylic acids is 2. The van der Waals surface area contributed by atoms with Crippen LogP contribution in [0.25, 0.3) is 0 Å². The van der Waals surface area contributed by atoms with Crippen LogP contribution in [0, 0.1) is 0 Å². The fourth-order valence-electron chi connectivity index (χ4n) is 0.249. The SMILES string of the molecule is CC(OOC(C)C(=O)O)C(=O)O.CCO. The molecule has 0 amide bonds. The van der Waals surface area contributed by atoms with Gasteiger partial charge in [0.2, 0.25) is 0 Å². The van der Waals surface area contributed by atoms with Gasteiger partial charge in [0.05, 0.1) is 0 Å². The van der Waals surface area contributed by atoms with Gasteiger partial charge < -0.3 is 15.3 Å². The van der Waals surface area contributed by atoms with Crippen LogP contribution in [0.5, 0.6) is 0 Å². The lowest BCUT2D eigenvalue weighted by atomic mass is 10.4. The van der Waals surface area contributed by atoms with Crippen molar-refractivity contribution >= 4 is 11.9 Å². The van der Waals surface area contributed by atoms with Crippen LogP contribution in [0.3, 0.4) is 0 Å². The molecule has 2 atom stereocenters. The van der Waals surface area contributed by atoms with Crippen molar-refractivity contribution in [3.05, 3.63) is 0 Å². The van der Waals surface area contributed by atoms with Crippen LogP contribution in [0.15, 0.2) is 0 Å². The smallest absolute Gasteiger partial charge is 0.335 e. The Balaban J connectivity index is 0. The van der Waals surface area contributed by atoms with Crippen LogP contribution < -0.4 is 0 Å². The van der Waals surface area contributed by atoms with Crippen molar-refractivity contribution in [2.24, 2.45) is 0 Å². The molecule has 0 rings (SSSR count). The summed E-state index contributed by atoms with van der Waals surface area (Å²) in [6.45, 7) is 4.40. The first-order chi connectivity index (χ1) is 6.86. The highest BCUT2D eigenvalue weighted by atomic mass is 17.2. The lowest BCUT2D eigenvalue weighted by Crippen LogP contribution is -2.26. The molecule has 3 N–H and O–H groups in total. The van der Waals surface area contributed by atoms with E-state index in [-0.39, 0.29) is 6.61 Å². The van der Waals surface area contributed by atoms with E-state index in [2.05, 4.69) is 9.78 Å². The molecule has 0 aromatic carbocycles. The second-order valence-corrected chi connectivity index (χ2v) is 2.47. The zero-order valence-corrected chi connectivity index (χ0v) is 8.84. The topological polar surface area (TPSA) is 113 Å². The summed E-state index contributed by atoms with van der Waals surface area (Å²) in [4.78, 5) is 28.8. The summed E-state index contributed by atoms with van der Waals surface area (Å²) >= 11 is 0. The molecule has 0 radical (unpaired) electrons. The first-order valence-electron chi connectivity index (χ1n) is 4.25. The van der Waals surface area contributed by atoms with E-state index in [1.165, 1.54) is 13.8 Å². The number of carbonyl (C=O) groups is 2. The molecule has 0 heterocycles. The number of hydrogen-bond donors (Lipinski definition) is 3. The third-order valence-electron chi connectivity index (χ3n) is 1.04. The summed E-state index contributed by atoms with van der Waals surface area (Å²) in [6.07, 6.45) is -2.35. The van der Waals surface area contributed by atoms with Crippen molar-refractivity contribution < 1.29 is 34.7 Å². The summed E-state index contributed by atoms with van der Waals surface area (Å²) in [7, 11) is 0. The van der Waals surface area contributed by atoms with Gasteiger partial charge in [-0.2, -0.15) is 0 Å². The van der Waals surface area contributed by atoms with Gasteiger partial charge >= 0.3 is 11.9 Å². The second-order valence-electron chi connectivity index (χ2n) is 2.47. The molecule has 7 heteroatoms. The van der Waals surface area contributed by atoms with E-state index in [9.17, 15) is 9.59 Å². The van der Waals surface area contributed by atoms with E-state index in [0.717, 1.165) is 0 Å². The van der Waals surface area contributed by atoms with Crippen molar-refractivity contribution in [2.75, 3.05) is 6.61 Å². The van der Waals surface area contributed by atoms with Gasteiger partial charge in [-0.15, -0.1) is 0 Å².